The lowest BCUT2D eigenvalue weighted by molar-refractivity contribution is 0.0546. The predicted molar refractivity (Wildman–Crippen MR) is 116 cm³/mol. The van der Waals surface area contributed by atoms with Gasteiger partial charge in [-0.2, -0.15) is 0 Å². The summed E-state index contributed by atoms with van der Waals surface area (Å²) in [6.07, 6.45) is 3.06. The van der Waals surface area contributed by atoms with Gasteiger partial charge < -0.3 is 19.3 Å². The maximum atomic E-state index is 9.60. The van der Waals surface area contributed by atoms with Gasteiger partial charge in [-0.15, -0.1) is 0 Å². The van der Waals surface area contributed by atoms with E-state index in [4.69, 9.17) is 14.2 Å². The summed E-state index contributed by atoms with van der Waals surface area (Å²) >= 11 is 0. The zero-order valence-electron chi connectivity index (χ0n) is 17.8. The van der Waals surface area contributed by atoms with Crippen LogP contribution in [0.4, 0.5) is 0 Å². The highest BCUT2D eigenvalue weighted by atomic mass is 16.7. The van der Waals surface area contributed by atoms with E-state index >= 15 is 0 Å². The zero-order chi connectivity index (χ0) is 20.8. The minimum absolute atomic E-state index is 0.228. The van der Waals surface area contributed by atoms with Crippen LogP contribution in [0.2, 0.25) is 0 Å². The topological polar surface area (TPSA) is 54.4 Å². The molecule has 6 nitrogen and oxygen atoms in total. The number of hydrogen-bond acceptors (Lipinski definition) is 6. The predicted octanol–water partition coefficient (Wildman–Crippen LogP) is 2.93. The van der Waals surface area contributed by atoms with Crippen molar-refractivity contribution in [2.24, 2.45) is 0 Å². The van der Waals surface area contributed by atoms with E-state index < -0.39 is 0 Å². The van der Waals surface area contributed by atoms with Gasteiger partial charge >= 0.3 is 0 Å². The van der Waals surface area contributed by atoms with Gasteiger partial charge in [0.05, 0.1) is 7.11 Å². The largest absolute Gasteiger partial charge is 0.493 e. The molecule has 2 aliphatic heterocycles. The molecule has 1 N–H and O–H groups in total. The van der Waals surface area contributed by atoms with E-state index in [0.29, 0.717) is 11.8 Å². The molecule has 0 aliphatic carbocycles. The third kappa shape index (κ3) is 5.06. The molecule has 162 valence electrons. The van der Waals surface area contributed by atoms with Crippen LogP contribution in [0.1, 0.15) is 24.0 Å². The Morgan fingerprint density at radius 1 is 1.10 bits per heavy atom. The molecule has 1 atom stereocenters. The normalized spacial score (nSPS) is 19.2. The molecule has 0 amide bonds. The molecule has 0 aromatic heterocycles. The van der Waals surface area contributed by atoms with Gasteiger partial charge in [-0.05, 0) is 49.1 Å². The number of piperazine rings is 1. The summed E-state index contributed by atoms with van der Waals surface area (Å²) in [4.78, 5) is 5.01. The molecule has 2 aromatic carbocycles. The molecule has 2 heterocycles. The highest BCUT2D eigenvalue weighted by molar-refractivity contribution is 5.55. The number of benzene rings is 2. The molecule has 6 heteroatoms. The Hall–Kier alpha value is -2.28. The number of fused-ring (bicyclic) bond motifs is 1. The second kappa shape index (κ2) is 10.2. The second-order valence-electron chi connectivity index (χ2n) is 8.06. The van der Waals surface area contributed by atoms with Gasteiger partial charge in [0.25, 0.3) is 0 Å². The number of hydrogen-bond donors (Lipinski definition) is 1. The van der Waals surface area contributed by atoms with Crippen LogP contribution in [-0.2, 0) is 13.0 Å². The average molecular weight is 413 g/mol. The highest BCUT2D eigenvalue weighted by Gasteiger charge is 2.27. The Bertz CT molecular complexity index is 814. The standard InChI is InChI=1S/C24H32N2O4/c1-28-22-14-20(15-23-24(22)30-18-29-23)16-25-11-12-26(21(17-25)9-13-27)10-5-8-19-6-3-2-4-7-19/h2-4,6-7,14-15,21,27H,5,8-13,16-18H2,1H3/t21-/m0/s1. The molecule has 0 spiro atoms. The molecule has 1 saturated heterocycles. The highest BCUT2D eigenvalue weighted by Crippen LogP contribution is 2.42. The molecule has 4 rings (SSSR count). The number of rotatable bonds is 9. The van der Waals surface area contributed by atoms with E-state index in [1.807, 2.05) is 6.07 Å². The van der Waals surface area contributed by atoms with Crippen molar-refractivity contribution in [3.05, 3.63) is 53.6 Å². The quantitative estimate of drug-likeness (QED) is 0.684. The summed E-state index contributed by atoms with van der Waals surface area (Å²) in [6, 6.07) is 15.2. The van der Waals surface area contributed by atoms with Gasteiger partial charge in [-0.3, -0.25) is 9.80 Å². The lowest BCUT2D eigenvalue weighted by atomic mass is 10.1. The van der Waals surface area contributed by atoms with Crippen LogP contribution in [-0.4, -0.2) is 67.6 Å². The number of aliphatic hydroxyl groups excluding tert-OH is 1. The molecule has 2 aromatic rings. The first-order valence-corrected chi connectivity index (χ1v) is 10.8. The number of methoxy groups -OCH3 is 1. The third-order valence-corrected chi connectivity index (χ3v) is 6.03. The van der Waals surface area contributed by atoms with Gasteiger partial charge in [0, 0.05) is 38.8 Å². The van der Waals surface area contributed by atoms with Crippen LogP contribution in [0.3, 0.4) is 0 Å². The summed E-state index contributed by atoms with van der Waals surface area (Å²) in [5.41, 5.74) is 2.56. The SMILES string of the molecule is COc1cc(CN2CCN(CCCc3ccccc3)[C@@H](CCO)C2)cc2c1OCO2. The number of ether oxygens (including phenoxy) is 3. The van der Waals surface area contributed by atoms with Crippen LogP contribution >= 0.6 is 0 Å². The summed E-state index contributed by atoms with van der Waals surface area (Å²) in [6.45, 7) is 5.40. The van der Waals surface area contributed by atoms with Crippen molar-refractivity contribution < 1.29 is 19.3 Å². The van der Waals surface area contributed by atoms with Gasteiger partial charge in [0.15, 0.2) is 11.5 Å². The first-order valence-electron chi connectivity index (χ1n) is 10.8. The van der Waals surface area contributed by atoms with Crippen molar-refractivity contribution in [1.29, 1.82) is 0 Å². The minimum Gasteiger partial charge on any atom is -0.493 e. The van der Waals surface area contributed by atoms with Crippen LogP contribution in [0.5, 0.6) is 17.2 Å². The fraction of sp³-hybridized carbons (Fsp3) is 0.500. The van der Waals surface area contributed by atoms with Crippen molar-refractivity contribution >= 4 is 0 Å². The van der Waals surface area contributed by atoms with Gasteiger partial charge in [0.1, 0.15) is 0 Å². The second-order valence-corrected chi connectivity index (χ2v) is 8.06. The third-order valence-electron chi connectivity index (χ3n) is 6.03. The minimum atomic E-state index is 0.228. The average Bonchev–Trinajstić information content (AvgIpc) is 3.24. The van der Waals surface area contributed by atoms with Crippen molar-refractivity contribution in [3.63, 3.8) is 0 Å². The molecular formula is C24H32N2O4. The Kier molecular flexibility index (Phi) is 7.10. The smallest absolute Gasteiger partial charge is 0.231 e. The summed E-state index contributed by atoms with van der Waals surface area (Å²) in [7, 11) is 1.66. The molecule has 30 heavy (non-hydrogen) atoms. The number of nitrogens with zero attached hydrogens (tertiary/aromatic N) is 2. The lowest BCUT2D eigenvalue weighted by Gasteiger charge is -2.41. The summed E-state index contributed by atoms with van der Waals surface area (Å²) in [5, 5.41) is 9.60. The van der Waals surface area contributed by atoms with Crippen molar-refractivity contribution in [3.8, 4) is 17.2 Å². The summed E-state index contributed by atoms with van der Waals surface area (Å²) in [5.74, 6) is 2.19. The Morgan fingerprint density at radius 2 is 1.97 bits per heavy atom. The van der Waals surface area contributed by atoms with Crippen molar-refractivity contribution in [1.82, 2.24) is 9.80 Å². The van der Waals surface area contributed by atoms with Gasteiger partial charge in [-0.1, -0.05) is 30.3 Å². The van der Waals surface area contributed by atoms with Crippen LogP contribution in [0, 0.1) is 0 Å². The molecule has 2 aliphatic rings. The Labute approximate surface area is 179 Å². The first kappa shape index (κ1) is 21.0. The summed E-state index contributed by atoms with van der Waals surface area (Å²) < 4.78 is 16.5. The zero-order valence-corrected chi connectivity index (χ0v) is 17.8. The van der Waals surface area contributed by atoms with E-state index in [1.54, 1.807) is 7.11 Å². The van der Waals surface area contributed by atoms with Crippen LogP contribution in [0.15, 0.2) is 42.5 Å². The van der Waals surface area contributed by atoms with Crippen molar-refractivity contribution in [2.45, 2.75) is 31.8 Å². The first-order chi connectivity index (χ1) is 14.8. The van der Waals surface area contributed by atoms with Crippen LogP contribution in [0.25, 0.3) is 0 Å². The van der Waals surface area contributed by atoms with E-state index in [1.165, 1.54) is 5.56 Å². The number of aliphatic hydroxyl groups is 1. The van der Waals surface area contributed by atoms with Gasteiger partial charge in [0.2, 0.25) is 12.5 Å². The van der Waals surface area contributed by atoms with E-state index in [-0.39, 0.29) is 13.4 Å². The fourth-order valence-corrected chi connectivity index (χ4v) is 4.48. The Balaban J connectivity index is 1.34. The van der Waals surface area contributed by atoms with E-state index in [2.05, 4.69) is 46.2 Å². The number of aryl methyl sites for hydroxylation is 1. The maximum Gasteiger partial charge on any atom is 0.231 e. The lowest BCUT2D eigenvalue weighted by Crippen LogP contribution is -2.53. The molecule has 0 unspecified atom stereocenters. The fourth-order valence-electron chi connectivity index (χ4n) is 4.48. The molecule has 0 bridgehead atoms. The Morgan fingerprint density at radius 3 is 2.77 bits per heavy atom. The molecule has 0 radical (unpaired) electrons. The molecule has 1 fully saturated rings. The van der Waals surface area contributed by atoms with E-state index in [9.17, 15) is 5.11 Å². The molecule has 0 saturated carbocycles. The maximum absolute atomic E-state index is 9.60. The van der Waals surface area contributed by atoms with Gasteiger partial charge in [-0.25, -0.2) is 0 Å². The van der Waals surface area contributed by atoms with Crippen molar-refractivity contribution in [2.75, 3.05) is 46.7 Å². The monoisotopic (exact) mass is 412 g/mol. The molecular weight excluding hydrogens is 380 g/mol. The van der Waals surface area contributed by atoms with E-state index in [0.717, 1.165) is 69.0 Å². The van der Waals surface area contributed by atoms with Crippen LogP contribution < -0.4 is 14.2 Å².